The van der Waals surface area contributed by atoms with Gasteiger partial charge in [-0.1, -0.05) is 6.42 Å². The zero-order valence-corrected chi connectivity index (χ0v) is 7.65. The second-order valence-corrected chi connectivity index (χ2v) is 4.43. The van der Waals surface area contributed by atoms with Crippen molar-refractivity contribution >= 4 is 11.8 Å². The van der Waals surface area contributed by atoms with Gasteiger partial charge >= 0.3 is 0 Å². The first-order chi connectivity index (χ1) is 5.34. The predicted molar refractivity (Wildman–Crippen MR) is 49.8 cm³/mol. The molecular formula is C8H17NOS. The third-order valence-corrected chi connectivity index (χ3v) is 3.68. The standard InChI is InChI=1S/C8H17NOS/c9-7-3-1-4-8(7)11-6-2-5-10/h7-8,10H,1-6,9H2. The molecule has 1 rings (SSSR count). The minimum absolute atomic E-state index is 0.314. The van der Waals surface area contributed by atoms with Gasteiger partial charge in [-0.2, -0.15) is 11.8 Å². The fourth-order valence-electron chi connectivity index (χ4n) is 1.46. The van der Waals surface area contributed by atoms with Crippen molar-refractivity contribution in [2.75, 3.05) is 12.4 Å². The van der Waals surface area contributed by atoms with Crippen LogP contribution in [0.4, 0.5) is 0 Å². The molecule has 0 amide bonds. The lowest BCUT2D eigenvalue weighted by atomic mass is 10.3. The molecule has 2 unspecified atom stereocenters. The minimum atomic E-state index is 0.314. The summed E-state index contributed by atoms with van der Waals surface area (Å²) in [7, 11) is 0. The van der Waals surface area contributed by atoms with Crippen molar-refractivity contribution in [2.45, 2.75) is 37.0 Å². The molecule has 0 aromatic rings. The van der Waals surface area contributed by atoms with Crippen LogP contribution >= 0.6 is 11.8 Å². The number of hydrogen-bond donors (Lipinski definition) is 2. The molecule has 3 N–H and O–H groups in total. The average Bonchev–Trinajstić information content (AvgIpc) is 2.37. The first-order valence-electron chi connectivity index (χ1n) is 4.32. The Labute approximate surface area is 72.5 Å². The Kier molecular flexibility index (Phi) is 4.26. The molecule has 1 saturated carbocycles. The van der Waals surface area contributed by atoms with Crippen LogP contribution in [-0.4, -0.2) is 28.8 Å². The molecule has 0 radical (unpaired) electrons. The van der Waals surface area contributed by atoms with E-state index in [0.29, 0.717) is 17.9 Å². The van der Waals surface area contributed by atoms with Crippen LogP contribution in [0.5, 0.6) is 0 Å². The van der Waals surface area contributed by atoms with E-state index in [4.69, 9.17) is 10.8 Å². The van der Waals surface area contributed by atoms with Gasteiger partial charge in [0.05, 0.1) is 0 Å². The van der Waals surface area contributed by atoms with Crippen molar-refractivity contribution in [1.29, 1.82) is 0 Å². The van der Waals surface area contributed by atoms with Crippen molar-refractivity contribution in [3.63, 3.8) is 0 Å². The maximum atomic E-state index is 8.56. The fraction of sp³-hybridized carbons (Fsp3) is 1.00. The normalized spacial score (nSPS) is 31.1. The van der Waals surface area contributed by atoms with Gasteiger partial charge in [-0.15, -0.1) is 0 Å². The highest BCUT2D eigenvalue weighted by Gasteiger charge is 2.23. The van der Waals surface area contributed by atoms with Crippen molar-refractivity contribution < 1.29 is 5.11 Å². The van der Waals surface area contributed by atoms with E-state index in [1.54, 1.807) is 0 Å². The lowest BCUT2D eigenvalue weighted by Crippen LogP contribution is -2.26. The van der Waals surface area contributed by atoms with Gasteiger partial charge < -0.3 is 10.8 Å². The third-order valence-electron chi connectivity index (χ3n) is 2.14. The van der Waals surface area contributed by atoms with Crippen LogP contribution in [0.1, 0.15) is 25.7 Å². The molecule has 66 valence electrons. The van der Waals surface area contributed by atoms with Gasteiger partial charge in [0.2, 0.25) is 0 Å². The second-order valence-electron chi connectivity index (χ2n) is 3.08. The van der Waals surface area contributed by atoms with E-state index < -0.39 is 0 Å². The SMILES string of the molecule is NC1CCCC1SCCCO. The Balaban J connectivity index is 2.05. The van der Waals surface area contributed by atoms with Gasteiger partial charge in [0.1, 0.15) is 0 Å². The Morgan fingerprint density at radius 3 is 2.82 bits per heavy atom. The van der Waals surface area contributed by atoms with Gasteiger partial charge in [0.25, 0.3) is 0 Å². The number of aliphatic hydroxyl groups excluding tert-OH is 1. The fourth-order valence-corrected chi connectivity index (χ4v) is 2.78. The molecule has 1 aliphatic carbocycles. The molecule has 0 aromatic carbocycles. The molecule has 1 aliphatic rings. The van der Waals surface area contributed by atoms with Crippen molar-refractivity contribution in [1.82, 2.24) is 0 Å². The van der Waals surface area contributed by atoms with E-state index in [0.717, 1.165) is 12.2 Å². The predicted octanol–water partition coefficient (Wildman–Crippen LogP) is 0.982. The summed E-state index contributed by atoms with van der Waals surface area (Å²) in [5, 5.41) is 9.23. The summed E-state index contributed by atoms with van der Waals surface area (Å²) in [6, 6.07) is 0.415. The van der Waals surface area contributed by atoms with Crippen molar-refractivity contribution in [3.8, 4) is 0 Å². The van der Waals surface area contributed by atoms with E-state index in [2.05, 4.69) is 0 Å². The summed E-state index contributed by atoms with van der Waals surface area (Å²) in [6.07, 6.45) is 4.67. The van der Waals surface area contributed by atoms with Gasteiger partial charge in [0, 0.05) is 17.9 Å². The van der Waals surface area contributed by atoms with Crippen molar-refractivity contribution in [3.05, 3.63) is 0 Å². The molecule has 11 heavy (non-hydrogen) atoms. The molecule has 2 atom stereocenters. The smallest absolute Gasteiger partial charge is 0.0438 e. The van der Waals surface area contributed by atoms with E-state index in [1.807, 2.05) is 11.8 Å². The largest absolute Gasteiger partial charge is 0.396 e. The topological polar surface area (TPSA) is 46.2 Å². The number of aliphatic hydroxyl groups is 1. The summed E-state index contributed by atoms with van der Waals surface area (Å²) >= 11 is 1.93. The number of hydrogen-bond acceptors (Lipinski definition) is 3. The monoisotopic (exact) mass is 175 g/mol. The van der Waals surface area contributed by atoms with Crippen LogP contribution in [-0.2, 0) is 0 Å². The zero-order chi connectivity index (χ0) is 8.10. The summed E-state index contributed by atoms with van der Waals surface area (Å²) in [4.78, 5) is 0. The Morgan fingerprint density at radius 2 is 2.27 bits per heavy atom. The zero-order valence-electron chi connectivity index (χ0n) is 6.83. The highest BCUT2D eigenvalue weighted by molar-refractivity contribution is 7.99. The molecule has 0 aliphatic heterocycles. The van der Waals surface area contributed by atoms with E-state index in [1.165, 1.54) is 19.3 Å². The van der Waals surface area contributed by atoms with Gasteiger partial charge in [-0.3, -0.25) is 0 Å². The van der Waals surface area contributed by atoms with Crippen LogP contribution in [0.25, 0.3) is 0 Å². The number of thioether (sulfide) groups is 1. The molecule has 0 heterocycles. The van der Waals surface area contributed by atoms with E-state index >= 15 is 0 Å². The molecule has 3 heteroatoms. The summed E-state index contributed by atoms with van der Waals surface area (Å²) in [6.45, 7) is 0.314. The van der Waals surface area contributed by atoms with Crippen LogP contribution in [0.3, 0.4) is 0 Å². The number of nitrogens with two attached hydrogens (primary N) is 1. The summed E-state index contributed by atoms with van der Waals surface area (Å²) in [5.74, 6) is 1.06. The minimum Gasteiger partial charge on any atom is -0.396 e. The molecule has 2 nitrogen and oxygen atoms in total. The maximum absolute atomic E-state index is 8.56. The number of rotatable bonds is 4. The Bertz CT molecular complexity index is 110. The first kappa shape index (κ1) is 9.36. The third kappa shape index (κ3) is 3.01. The molecule has 1 fully saturated rings. The summed E-state index contributed by atoms with van der Waals surface area (Å²) in [5.41, 5.74) is 5.88. The van der Waals surface area contributed by atoms with Crippen LogP contribution in [0.15, 0.2) is 0 Å². The lowest BCUT2D eigenvalue weighted by Gasteiger charge is -2.13. The lowest BCUT2D eigenvalue weighted by molar-refractivity contribution is 0.296. The average molecular weight is 175 g/mol. The molecule has 0 bridgehead atoms. The van der Waals surface area contributed by atoms with E-state index in [-0.39, 0.29) is 0 Å². The Hall–Kier alpha value is 0.270. The quantitative estimate of drug-likeness (QED) is 0.626. The highest BCUT2D eigenvalue weighted by atomic mass is 32.2. The molecule has 0 spiro atoms. The van der Waals surface area contributed by atoms with Gasteiger partial charge in [-0.25, -0.2) is 0 Å². The van der Waals surface area contributed by atoms with Crippen LogP contribution in [0.2, 0.25) is 0 Å². The first-order valence-corrected chi connectivity index (χ1v) is 5.37. The molecule has 0 aromatic heterocycles. The van der Waals surface area contributed by atoms with Crippen molar-refractivity contribution in [2.24, 2.45) is 5.73 Å². The highest BCUT2D eigenvalue weighted by Crippen LogP contribution is 2.28. The van der Waals surface area contributed by atoms with Gasteiger partial charge in [-0.05, 0) is 25.0 Å². The molecule has 0 saturated heterocycles. The second kappa shape index (κ2) is 5.01. The van der Waals surface area contributed by atoms with E-state index in [9.17, 15) is 0 Å². The maximum Gasteiger partial charge on any atom is 0.0438 e. The van der Waals surface area contributed by atoms with Gasteiger partial charge in [0.15, 0.2) is 0 Å². The molecular weight excluding hydrogens is 158 g/mol. The van der Waals surface area contributed by atoms with Crippen LogP contribution < -0.4 is 5.73 Å². The summed E-state index contributed by atoms with van der Waals surface area (Å²) < 4.78 is 0. The Morgan fingerprint density at radius 1 is 1.45 bits per heavy atom. The van der Waals surface area contributed by atoms with Crippen LogP contribution in [0, 0.1) is 0 Å².